The van der Waals surface area contributed by atoms with Crippen molar-refractivity contribution in [1.29, 1.82) is 0 Å². The number of hydrogen-bond acceptors (Lipinski definition) is 16. The van der Waals surface area contributed by atoms with Crippen LogP contribution in [-0.4, -0.2) is 130 Å². The van der Waals surface area contributed by atoms with E-state index in [1.54, 1.807) is 48.2 Å². The van der Waals surface area contributed by atoms with Crippen molar-refractivity contribution in [2.75, 3.05) is 52.6 Å². The van der Waals surface area contributed by atoms with Gasteiger partial charge in [-0.25, -0.2) is 37.9 Å². The summed E-state index contributed by atoms with van der Waals surface area (Å²) in [5.74, 6) is -0.527. The molecule has 0 N–H and O–H groups in total. The van der Waals surface area contributed by atoms with Gasteiger partial charge in [-0.1, -0.05) is 44.0 Å². The predicted molar refractivity (Wildman–Crippen MR) is 245 cm³/mol. The van der Waals surface area contributed by atoms with Crippen LogP contribution in [0.1, 0.15) is 59.9 Å². The van der Waals surface area contributed by atoms with Crippen molar-refractivity contribution in [3.05, 3.63) is 124 Å². The van der Waals surface area contributed by atoms with Gasteiger partial charge in [0.2, 0.25) is 0 Å². The lowest BCUT2D eigenvalue weighted by Crippen LogP contribution is -2.40. The molecule has 6 aliphatic heterocycles. The fraction of sp³-hybridized carbons (Fsp3) is 0.364. The molecule has 10 rings (SSSR count). The predicted octanol–water partition coefficient (Wildman–Crippen LogP) is 7.78. The molecule has 6 aliphatic rings. The molecule has 0 saturated carbocycles. The lowest BCUT2D eigenvalue weighted by molar-refractivity contribution is -0.140. The van der Waals surface area contributed by atoms with Crippen LogP contribution in [-0.2, 0) is 28.5 Å². The van der Waals surface area contributed by atoms with Crippen molar-refractivity contribution in [1.82, 2.24) is 29.6 Å². The highest BCUT2D eigenvalue weighted by atomic mass is 79.9. The Balaban J connectivity index is 0.000000166. The number of thiazole rings is 2. The third-order valence-electron chi connectivity index (χ3n) is 11.7. The van der Waals surface area contributed by atoms with Gasteiger partial charge in [-0.3, -0.25) is 19.8 Å². The number of amidine groups is 2. The van der Waals surface area contributed by atoms with Gasteiger partial charge in [0, 0.05) is 69.4 Å². The summed E-state index contributed by atoms with van der Waals surface area (Å²) < 4.78 is 49.8. The van der Waals surface area contributed by atoms with Crippen molar-refractivity contribution >= 4 is 90.3 Å². The first-order chi connectivity index (χ1) is 31.9. The number of halogens is 4. The first-order valence-electron chi connectivity index (χ1n) is 21.0. The van der Waals surface area contributed by atoms with E-state index in [0.29, 0.717) is 105 Å². The van der Waals surface area contributed by atoms with E-state index in [4.69, 9.17) is 28.9 Å². The maximum atomic E-state index is 13.8. The van der Waals surface area contributed by atoms with Crippen molar-refractivity contribution in [3.8, 4) is 0 Å². The molecule has 2 amide bonds. The Labute approximate surface area is 401 Å². The van der Waals surface area contributed by atoms with Crippen LogP contribution in [0.5, 0.6) is 0 Å². The van der Waals surface area contributed by atoms with Crippen molar-refractivity contribution in [2.45, 2.75) is 50.9 Å². The van der Waals surface area contributed by atoms with E-state index in [0.717, 1.165) is 11.4 Å². The molecule has 4 saturated heterocycles. The number of aromatic nitrogens is 2. The van der Waals surface area contributed by atoms with Gasteiger partial charge in [-0.15, -0.1) is 22.7 Å². The number of benzene rings is 2. The molecule has 0 radical (unpaired) electrons. The Kier molecular flexibility index (Phi) is 13.3. The van der Waals surface area contributed by atoms with Gasteiger partial charge < -0.3 is 28.7 Å². The lowest BCUT2D eigenvalue weighted by Gasteiger charge is -2.31. The second-order valence-electron chi connectivity index (χ2n) is 15.4. The minimum atomic E-state index is -0.714. The highest BCUT2D eigenvalue weighted by Gasteiger charge is 2.47. The number of ether oxygens (including phenoxy) is 4. The van der Waals surface area contributed by atoms with E-state index in [2.05, 4.69) is 41.8 Å². The van der Waals surface area contributed by atoms with Gasteiger partial charge in [-0.05, 0) is 49.2 Å². The first-order valence-corrected chi connectivity index (χ1v) is 24.4. The van der Waals surface area contributed by atoms with Gasteiger partial charge in [0.25, 0.3) is 0 Å². The Morgan fingerprint density at radius 2 is 1.14 bits per heavy atom. The fourth-order valence-corrected chi connectivity index (χ4v) is 11.3. The quantitative estimate of drug-likeness (QED) is 0.112. The maximum absolute atomic E-state index is 13.8. The molecule has 4 aromatic rings. The van der Waals surface area contributed by atoms with Crippen LogP contribution in [0.2, 0.25) is 0 Å². The molecule has 2 aromatic carbocycles. The molecule has 4 fully saturated rings. The number of fused-ring (bicyclic) bond motifs is 2. The molecule has 22 heteroatoms. The van der Waals surface area contributed by atoms with Gasteiger partial charge in [0.1, 0.15) is 36.9 Å². The van der Waals surface area contributed by atoms with Gasteiger partial charge in [-0.2, -0.15) is 0 Å². The lowest BCUT2D eigenvalue weighted by atomic mass is 9.94. The minimum Gasteiger partial charge on any atom is -0.463 e. The summed E-state index contributed by atoms with van der Waals surface area (Å²) in [6.45, 7) is 6.51. The third kappa shape index (κ3) is 8.74. The molecule has 0 aliphatic carbocycles. The number of rotatable bonds is 10. The Morgan fingerprint density at radius 1 is 0.712 bits per heavy atom. The van der Waals surface area contributed by atoms with Gasteiger partial charge in [0.15, 0.2) is 21.7 Å². The third-order valence-corrected chi connectivity index (χ3v) is 14.6. The zero-order chi connectivity index (χ0) is 46.2. The molecule has 4 atom stereocenters. The van der Waals surface area contributed by atoms with Crippen LogP contribution in [0.4, 0.5) is 18.4 Å². The zero-order valence-corrected chi connectivity index (χ0v) is 40.1. The summed E-state index contributed by atoms with van der Waals surface area (Å²) in [5.41, 5.74) is 3.53. The van der Waals surface area contributed by atoms with Crippen LogP contribution >= 0.6 is 54.5 Å². The van der Waals surface area contributed by atoms with Crippen LogP contribution in [0.3, 0.4) is 0 Å². The van der Waals surface area contributed by atoms with Crippen molar-refractivity contribution in [3.63, 3.8) is 0 Å². The van der Waals surface area contributed by atoms with Crippen LogP contribution < -0.4 is 0 Å². The summed E-state index contributed by atoms with van der Waals surface area (Å²) in [5, 5.41) is 5.11. The highest BCUT2D eigenvalue weighted by molar-refractivity contribution is 9.10. The van der Waals surface area contributed by atoms with E-state index in [1.165, 1.54) is 46.9 Å². The molecule has 2 aromatic heterocycles. The zero-order valence-electron chi connectivity index (χ0n) is 35.3. The first kappa shape index (κ1) is 45.6. The van der Waals surface area contributed by atoms with Crippen LogP contribution in [0, 0.1) is 11.6 Å². The SMILES string of the molecule is CCOC(=O)C1=C2C[C@@H](N3CCOC3=O)CN2C(c2nccs2)=N[C@H]1c1ccc(F)cc1Br.CCOC(=O)C1=C2C[C@H](N3CCOC3=O)CN2C(c2nccs2)=N[C@H]1c1ccc(F)cc1Br. The number of cyclic esters (lactones) is 2. The van der Waals surface area contributed by atoms with E-state index < -0.39 is 35.7 Å². The summed E-state index contributed by atoms with van der Waals surface area (Å²) >= 11 is 9.74. The normalized spacial score (nSPS) is 22.4. The van der Waals surface area contributed by atoms with Crippen molar-refractivity contribution < 1.29 is 46.9 Å². The summed E-state index contributed by atoms with van der Waals surface area (Å²) in [7, 11) is 0. The second-order valence-corrected chi connectivity index (χ2v) is 18.9. The largest absolute Gasteiger partial charge is 0.463 e. The van der Waals surface area contributed by atoms with Gasteiger partial charge in [0.05, 0.1) is 49.5 Å². The van der Waals surface area contributed by atoms with E-state index in [1.807, 2.05) is 20.6 Å². The summed E-state index contributed by atoms with van der Waals surface area (Å²) in [6, 6.07) is 6.84. The Morgan fingerprint density at radius 3 is 1.47 bits per heavy atom. The number of carbonyl (C=O) groups is 4. The molecule has 66 heavy (non-hydrogen) atoms. The number of nitrogens with zero attached hydrogens (tertiary/aromatic N) is 8. The number of hydrogen-bond donors (Lipinski definition) is 0. The number of esters is 2. The molecular formula is C44H40Br2F2N8O8S2. The summed E-state index contributed by atoms with van der Waals surface area (Å²) in [4.78, 5) is 77.0. The minimum absolute atomic E-state index is 0.181. The number of carbonyl (C=O) groups excluding carboxylic acids is 4. The van der Waals surface area contributed by atoms with Crippen molar-refractivity contribution in [2.24, 2.45) is 9.98 Å². The average Bonchev–Trinajstić information content (AvgIpc) is 4.15. The van der Waals surface area contributed by atoms with E-state index in [-0.39, 0.29) is 37.5 Å². The smallest absolute Gasteiger partial charge is 0.410 e. The Bertz CT molecular complexity index is 2520. The second kappa shape index (κ2) is 19.3. The van der Waals surface area contributed by atoms with Crippen LogP contribution in [0.15, 0.2) is 101 Å². The molecule has 0 bridgehead atoms. The number of amides is 2. The van der Waals surface area contributed by atoms with E-state index >= 15 is 0 Å². The van der Waals surface area contributed by atoms with Gasteiger partial charge >= 0.3 is 24.1 Å². The average molecular weight is 1070 g/mol. The molecule has 344 valence electrons. The molecule has 16 nitrogen and oxygen atoms in total. The van der Waals surface area contributed by atoms with E-state index in [9.17, 15) is 28.0 Å². The monoisotopic (exact) mass is 1070 g/mol. The standard InChI is InChI=1S/2C22H20BrFN4O4S/c2*1-2-31-21(29)17-16-10-13(27-6-7-32-22(27)30)11-28(16)19(20-25-5-8-33-20)26-18(17)14-4-3-12(24)9-15(14)23/h2*3-5,8-9,13,18H,2,6-7,10-11H2,1H3/t13-,18+;13-,18-/m10/s1. The highest BCUT2D eigenvalue weighted by Crippen LogP contribution is 2.45. The fourth-order valence-electron chi connectivity index (χ4n) is 8.88. The molecule has 8 heterocycles. The topological polar surface area (TPSA) is 169 Å². The number of aliphatic imine (C=N–C) groups is 2. The molecule has 0 unspecified atom stereocenters. The summed E-state index contributed by atoms with van der Waals surface area (Å²) in [6.07, 6.45) is 3.57. The molecule has 0 spiro atoms. The Hall–Kier alpha value is -5.58. The maximum Gasteiger partial charge on any atom is 0.410 e. The van der Waals surface area contributed by atoms with Crippen LogP contribution in [0.25, 0.3) is 0 Å². The molecular weight excluding hydrogens is 1030 g/mol.